The van der Waals surface area contributed by atoms with Crippen LogP contribution in [0.1, 0.15) is 58.1 Å². The predicted octanol–water partition coefficient (Wildman–Crippen LogP) is 2.33. The molecule has 13 heteroatoms. The quantitative estimate of drug-likeness (QED) is 0.301. The van der Waals surface area contributed by atoms with Gasteiger partial charge in [0.05, 0.1) is 36.1 Å². The van der Waals surface area contributed by atoms with Gasteiger partial charge in [-0.2, -0.15) is 0 Å². The van der Waals surface area contributed by atoms with Gasteiger partial charge in [-0.1, -0.05) is 6.07 Å². The standard InChI is InChI=1S/C26H37N5O8/c1-26(2,3)39-25(34)29-15-17(14-22(29)31(35)36)38-12-6-7-16-8-9-18-20(13-16)28(4)24(33)30(18)19-10-11-21(32)27-23(19)37-5/h8-9,13,17,19,22-23H,6-7,10-12,14-15H2,1-5H3,(H,27,32)/t17-,19?,22-,23?/m1/s1. The summed E-state index contributed by atoms with van der Waals surface area (Å²) in [5.74, 6) is -0.0973. The molecule has 3 heterocycles. The van der Waals surface area contributed by atoms with Crippen LogP contribution in [0.25, 0.3) is 11.0 Å². The molecule has 4 rings (SSSR count). The maximum Gasteiger partial charge on any atom is 0.415 e. The third kappa shape index (κ3) is 6.25. The third-order valence-corrected chi connectivity index (χ3v) is 7.13. The van der Waals surface area contributed by atoms with E-state index in [-0.39, 0.29) is 30.6 Å². The van der Waals surface area contributed by atoms with Gasteiger partial charge in [-0.15, -0.1) is 0 Å². The summed E-state index contributed by atoms with van der Waals surface area (Å²) in [6.45, 7) is 5.61. The number of fused-ring (bicyclic) bond motifs is 1. The van der Waals surface area contributed by atoms with E-state index >= 15 is 0 Å². The lowest BCUT2D eigenvalue weighted by molar-refractivity contribution is -0.542. The molecular weight excluding hydrogens is 510 g/mol. The molecule has 39 heavy (non-hydrogen) atoms. The SMILES string of the molecule is COC1NC(=O)CCC1n1c(=O)n(C)c2cc(CCCO[C@@H]3C[C@@H]([N+](=O)[O-])N(C(=O)OC(C)(C)C)C3)ccc21. The summed E-state index contributed by atoms with van der Waals surface area (Å²) in [4.78, 5) is 49.5. The van der Waals surface area contributed by atoms with E-state index in [1.807, 2.05) is 18.2 Å². The molecule has 2 unspecified atom stereocenters. The van der Waals surface area contributed by atoms with Crippen molar-refractivity contribution < 1.29 is 28.7 Å². The van der Waals surface area contributed by atoms with E-state index in [9.17, 15) is 24.5 Å². The number of rotatable bonds is 8. The van der Waals surface area contributed by atoms with Gasteiger partial charge in [0.25, 0.3) is 6.17 Å². The minimum Gasteiger partial charge on any atom is -0.444 e. The molecule has 0 bridgehead atoms. The fourth-order valence-corrected chi connectivity index (χ4v) is 5.26. The lowest BCUT2D eigenvalue weighted by Gasteiger charge is -2.31. The number of ether oxygens (including phenoxy) is 3. The summed E-state index contributed by atoms with van der Waals surface area (Å²) in [7, 11) is 3.23. The van der Waals surface area contributed by atoms with E-state index in [2.05, 4.69) is 5.32 Å². The van der Waals surface area contributed by atoms with Gasteiger partial charge in [-0.05, 0) is 57.7 Å². The summed E-state index contributed by atoms with van der Waals surface area (Å²) in [5.41, 5.74) is 1.64. The Morgan fingerprint density at radius 2 is 1.97 bits per heavy atom. The van der Waals surface area contributed by atoms with Crippen LogP contribution in [-0.2, 0) is 32.5 Å². The van der Waals surface area contributed by atoms with Crippen molar-refractivity contribution in [3.05, 3.63) is 44.4 Å². The number of imidazole rings is 1. The van der Waals surface area contributed by atoms with E-state index in [1.54, 1.807) is 37.0 Å². The highest BCUT2D eigenvalue weighted by molar-refractivity contribution is 5.79. The van der Waals surface area contributed by atoms with Crippen LogP contribution in [0.4, 0.5) is 4.79 Å². The highest BCUT2D eigenvalue weighted by Gasteiger charge is 2.45. The summed E-state index contributed by atoms with van der Waals surface area (Å²) in [5, 5.41) is 14.3. The highest BCUT2D eigenvalue weighted by Crippen LogP contribution is 2.28. The number of nitrogens with zero attached hydrogens (tertiary/aromatic N) is 4. The molecule has 2 aliphatic rings. The number of aryl methyl sites for hydroxylation is 2. The number of likely N-dealkylation sites (tertiary alicyclic amines) is 1. The van der Waals surface area contributed by atoms with Gasteiger partial charge in [0, 0.05) is 32.1 Å². The molecule has 0 aliphatic carbocycles. The summed E-state index contributed by atoms with van der Waals surface area (Å²) in [6, 6.07) is 5.54. The Hall–Kier alpha value is -3.45. The second kappa shape index (κ2) is 11.3. The van der Waals surface area contributed by atoms with E-state index in [4.69, 9.17) is 14.2 Å². The summed E-state index contributed by atoms with van der Waals surface area (Å²) in [6.07, 6.45) is -0.642. The van der Waals surface area contributed by atoms with Crippen LogP contribution in [0.5, 0.6) is 0 Å². The number of benzene rings is 1. The van der Waals surface area contributed by atoms with Gasteiger partial charge in [0.15, 0.2) is 6.23 Å². The second-order valence-electron chi connectivity index (χ2n) is 11.1. The van der Waals surface area contributed by atoms with Crippen molar-refractivity contribution >= 4 is 23.0 Å². The average molecular weight is 548 g/mol. The zero-order valence-electron chi connectivity index (χ0n) is 23.0. The molecule has 0 radical (unpaired) electrons. The van der Waals surface area contributed by atoms with Crippen LogP contribution in [0.3, 0.4) is 0 Å². The minimum atomic E-state index is -1.17. The van der Waals surface area contributed by atoms with E-state index in [1.165, 1.54) is 7.11 Å². The summed E-state index contributed by atoms with van der Waals surface area (Å²) >= 11 is 0. The zero-order chi connectivity index (χ0) is 28.5. The van der Waals surface area contributed by atoms with Crippen LogP contribution in [-0.4, -0.2) is 75.3 Å². The van der Waals surface area contributed by atoms with Crippen LogP contribution in [0.15, 0.2) is 23.0 Å². The first kappa shape index (κ1) is 28.6. The maximum atomic E-state index is 13.1. The number of nitrogens with one attached hydrogen (secondary N) is 1. The van der Waals surface area contributed by atoms with E-state index in [0.717, 1.165) is 21.5 Å². The van der Waals surface area contributed by atoms with Crippen molar-refractivity contribution in [3.63, 3.8) is 0 Å². The monoisotopic (exact) mass is 547 g/mol. The molecule has 0 spiro atoms. The Kier molecular flexibility index (Phi) is 8.31. The fourth-order valence-electron chi connectivity index (χ4n) is 5.26. The molecule has 214 valence electrons. The molecule has 13 nitrogen and oxygen atoms in total. The minimum absolute atomic E-state index is 0.0973. The largest absolute Gasteiger partial charge is 0.444 e. The molecule has 2 saturated heterocycles. The Balaban J connectivity index is 1.37. The van der Waals surface area contributed by atoms with Crippen molar-refractivity contribution in [1.29, 1.82) is 0 Å². The molecule has 4 atom stereocenters. The highest BCUT2D eigenvalue weighted by atomic mass is 16.6. The number of nitro groups is 1. The molecule has 1 aromatic heterocycles. The lowest BCUT2D eigenvalue weighted by atomic mass is 10.0. The molecule has 1 aromatic carbocycles. The first-order valence-electron chi connectivity index (χ1n) is 13.2. The van der Waals surface area contributed by atoms with E-state index in [0.29, 0.717) is 32.3 Å². The van der Waals surface area contributed by atoms with Crippen LogP contribution in [0, 0.1) is 10.1 Å². The number of hydrogen-bond acceptors (Lipinski definition) is 8. The average Bonchev–Trinajstić information content (AvgIpc) is 3.41. The topological polar surface area (TPSA) is 147 Å². The van der Waals surface area contributed by atoms with Gasteiger partial charge in [0.2, 0.25) is 5.91 Å². The first-order chi connectivity index (χ1) is 18.4. The molecule has 2 amide bonds. The van der Waals surface area contributed by atoms with Crippen molar-refractivity contribution in [3.8, 4) is 0 Å². The molecule has 0 saturated carbocycles. The summed E-state index contributed by atoms with van der Waals surface area (Å²) < 4.78 is 20.0. The number of methoxy groups -OCH3 is 1. The number of carbonyl (C=O) groups excluding carboxylic acids is 2. The molecule has 2 aliphatic heterocycles. The Morgan fingerprint density at radius 1 is 1.23 bits per heavy atom. The smallest absolute Gasteiger partial charge is 0.415 e. The Morgan fingerprint density at radius 3 is 2.64 bits per heavy atom. The van der Waals surface area contributed by atoms with Crippen molar-refractivity contribution in [2.75, 3.05) is 20.3 Å². The number of amides is 2. The molecule has 1 N–H and O–H groups in total. The molecule has 2 fully saturated rings. The number of hydrogen-bond donors (Lipinski definition) is 1. The van der Waals surface area contributed by atoms with Crippen molar-refractivity contribution in [2.24, 2.45) is 7.05 Å². The van der Waals surface area contributed by atoms with E-state index < -0.39 is 35.1 Å². The molecule has 2 aromatic rings. The lowest BCUT2D eigenvalue weighted by Crippen LogP contribution is -2.48. The fraction of sp³-hybridized carbons (Fsp3) is 0.654. The maximum absolute atomic E-state index is 13.1. The number of carbonyl (C=O) groups is 2. The molecular formula is C26H37N5O8. The van der Waals surface area contributed by atoms with Crippen LogP contribution < -0.4 is 11.0 Å². The Labute approximate surface area is 226 Å². The van der Waals surface area contributed by atoms with Gasteiger partial charge in [-0.3, -0.25) is 24.0 Å². The van der Waals surface area contributed by atoms with Crippen LogP contribution >= 0.6 is 0 Å². The van der Waals surface area contributed by atoms with Crippen molar-refractivity contribution in [2.45, 2.75) is 83.0 Å². The van der Waals surface area contributed by atoms with Crippen LogP contribution in [0.2, 0.25) is 0 Å². The number of aromatic nitrogens is 2. The van der Waals surface area contributed by atoms with Gasteiger partial charge in [0.1, 0.15) is 5.60 Å². The Bertz CT molecular complexity index is 1300. The van der Waals surface area contributed by atoms with Gasteiger partial charge in [-0.25, -0.2) is 14.5 Å². The second-order valence-corrected chi connectivity index (χ2v) is 11.1. The zero-order valence-corrected chi connectivity index (χ0v) is 23.0. The van der Waals surface area contributed by atoms with Crippen molar-refractivity contribution in [1.82, 2.24) is 19.4 Å². The van der Waals surface area contributed by atoms with Gasteiger partial charge < -0.3 is 19.5 Å². The van der Waals surface area contributed by atoms with Gasteiger partial charge >= 0.3 is 11.8 Å². The first-order valence-corrected chi connectivity index (χ1v) is 13.2. The number of piperidine rings is 1. The third-order valence-electron chi connectivity index (χ3n) is 7.13. The predicted molar refractivity (Wildman–Crippen MR) is 141 cm³/mol. The normalized spacial score (nSPS) is 23.7.